The average Bonchev–Trinajstić information content (AvgIpc) is 2.98. The highest BCUT2D eigenvalue weighted by atomic mass is 32.2. The third-order valence-corrected chi connectivity index (χ3v) is 16.1. The minimum Gasteiger partial charge on any atom is -0.413 e. The number of rotatable bonds is 14. The summed E-state index contributed by atoms with van der Waals surface area (Å²) < 4.78 is 62.8. The van der Waals surface area contributed by atoms with Crippen molar-refractivity contribution in [3.63, 3.8) is 0 Å². The third kappa shape index (κ3) is 8.39. The molecule has 0 spiro atoms. The Morgan fingerprint density at radius 1 is 1.00 bits per heavy atom. The van der Waals surface area contributed by atoms with Gasteiger partial charge in [-0.05, 0) is 40.7 Å². The first-order valence-corrected chi connectivity index (χ1v) is 19.6. The molecule has 1 aromatic heterocycles. The lowest BCUT2D eigenvalue weighted by atomic mass is 9.94. The van der Waals surface area contributed by atoms with Gasteiger partial charge in [-0.3, -0.25) is 13.9 Å². The number of nitrogens with zero attached hydrogens (tertiary/aromatic N) is 2. The molecule has 1 fully saturated rings. The van der Waals surface area contributed by atoms with Gasteiger partial charge in [0.15, 0.2) is 14.5 Å². The van der Waals surface area contributed by atoms with Gasteiger partial charge in [-0.2, -0.15) is 8.42 Å². The van der Waals surface area contributed by atoms with E-state index in [1.165, 1.54) is 22.9 Å². The first kappa shape index (κ1) is 36.9. The lowest BCUT2D eigenvalue weighted by molar-refractivity contribution is -0.236. The van der Waals surface area contributed by atoms with Crippen molar-refractivity contribution >= 4 is 18.4 Å². The van der Waals surface area contributed by atoms with Gasteiger partial charge in [0.2, 0.25) is 0 Å². The van der Waals surface area contributed by atoms with Crippen molar-refractivity contribution in [1.82, 2.24) is 9.13 Å². The molecule has 2 aromatic carbocycles. The van der Waals surface area contributed by atoms with Crippen LogP contribution in [0.2, 0.25) is 16.6 Å². The zero-order valence-corrected chi connectivity index (χ0v) is 30.2. The average molecular weight is 689 g/mol. The summed E-state index contributed by atoms with van der Waals surface area (Å²) in [4.78, 5) is 26.2. The monoisotopic (exact) mass is 688 g/mol. The number of hydrogen-bond donors (Lipinski definition) is 1. The van der Waals surface area contributed by atoms with Gasteiger partial charge in [0, 0.05) is 18.7 Å². The van der Waals surface area contributed by atoms with E-state index in [-0.39, 0.29) is 61.1 Å². The van der Waals surface area contributed by atoms with Gasteiger partial charge in [0.05, 0.1) is 31.3 Å². The van der Waals surface area contributed by atoms with Gasteiger partial charge in [-0.1, -0.05) is 89.6 Å². The minimum atomic E-state index is -4.56. The van der Waals surface area contributed by atoms with Crippen LogP contribution < -0.4 is 11.2 Å². The Morgan fingerprint density at radius 3 is 2.28 bits per heavy atom. The molecule has 0 radical (unpaired) electrons. The maximum absolute atomic E-state index is 13.7. The molecule has 258 valence electrons. The number of ether oxygens (including phenoxy) is 3. The first-order chi connectivity index (χ1) is 22.1. The van der Waals surface area contributed by atoms with E-state index in [0.29, 0.717) is 5.56 Å². The highest BCUT2D eigenvalue weighted by Gasteiger charge is 2.49. The van der Waals surface area contributed by atoms with E-state index in [2.05, 4.69) is 41.5 Å². The van der Waals surface area contributed by atoms with E-state index in [1.54, 1.807) is 12.1 Å². The summed E-state index contributed by atoms with van der Waals surface area (Å²) in [6, 6.07) is 15.4. The van der Waals surface area contributed by atoms with Gasteiger partial charge in [-0.25, -0.2) is 9.36 Å². The predicted octanol–water partition coefficient (Wildman–Crippen LogP) is 5.46. The van der Waals surface area contributed by atoms with Crippen molar-refractivity contribution in [3.8, 4) is 0 Å². The van der Waals surface area contributed by atoms with Crippen molar-refractivity contribution in [1.29, 1.82) is 0 Å². The van der Waals surface area contributed by atoms with Gasteiger partial charge in [0.25, 0.3) is 15.7 Å². The van der Waals surface area contributed by atoms with E-state index < -0.39 is 41.5 Å². The van der Waals surface area contributed by atoms with E-state index in [9.17, 15) is 22.6 Å². The van der Waals surface area contributed by atoms with Crippen LogP contribution in [0.25, 0.3) is 0 Å². The molecule has 0 unspecified atom stereocenters. The summed E-state index contributed by atoms with van der Waals surface area (Å²) in [5, 5.41) is 0. The molecule has 47 heavy (non-hydrogen) atoms. The largest absolute Gasteiger partial charge is 0.413 e. The fraction of sp³-hybridized carbons (Fsp3) is 0.529. The van der Waals surface area contributed by atoms with Gasteiger partial charge >= 0.3 is 5.69 Å². The Hall–Kier alpha value is -2.91. The smallest absolute Gasteiger partial charge is 0.335 e. The van der Waals surface area contributed by atoms with Crippen LogP contribution in [0.5, 0.6) is 0 Å². The fourth-order valence-corrected chi connectivity index (χ4v) is 13.2. The first-order valence-electron chi connectivity index (χ1n) is 16.0. The molecule has 1 saturated heterocycles. The van der Waals surface area contributed by atoms with Crippen LogP contribution in [-0.2, 0) is 48.5 Å². The molecule has 3 aromatic rings. The lowest BCUT2D eigenvalue weighted by Crippen LogP contribution is -2.57. The Kier molecular flexibility index (Phi) is 11.9. The van der Waals surface area contributed by atoms with Crippen molar-refractivity contribution in [2.75, 3.05) is 19.8 Å². The molecule has 13 heteroatoms. The summed E-state index contributed by atoms with van der Waals surface area (Å²) in [5.74, 6) is 0. The van der Waals surface area contributed by atoms with Gasteiger partial charge in [0.1, 0.15) is 12.3 Å². The molecular weight excluding hydrogens is 641 g/mol. The second-order valence-corrected chi connectivity index (χ2v) is 20.2. The van der Waals surface area contributed by atoms with Crippen molar-refractivity contribution < 1.29 is 31.6 Å². The van der Waals surface area contributed by atoms with Crippen molar-refractivity contribution in [3.05, 3.63) is 98.3 Å². The lowest BCUT2D eigenvalue weighted by Gasteiger charge is -2.47. The molecule has 11 nitrogen and oxygen atoms in total. The van der Waals surface area contributed by atoms with Crippen molar-refractivity contribution in [2.45, 2.75) is 102 Å². The Bertz CT molecular complexity index is 1720. The van der Waals surface area contributed by atoms with Crippen LogP contribution in [0, 0.1) is 6.92 Å². The Morgan fingerprint density at radius 2 is 1.66 bits per heavy atom. The summed E-state index contributed by atoms with van der Waals surface area (Å²) in [6.07, 6.45) is 0.427. The zero-order valence-electron chi connectivity index (χ0n) is 28.3. The summed E-state index contributed by atoms with van der Waals surface area (Å²) >= 11 is 0. The van der Waals surface area contributed by atoms with E-state index in [4.69, 9.17) is 18.6 Å². The quantitative estimate of drug-likeness (QED) is 0.173. The second kappa shape index (κ2) is 15.1. The number of aromatic nitrogens is 2. The number of benzene rings is 2. The molecule has 4 rings (SSSR count). The molecule has 2 atom stereocenters. The molecule has 2 heterocycles. The zero-order chi connectivity index (χ0) is 34.6. The second-order valence-electron chi connectivity index (χ2n) is 13.4. The van der Waals surface area contributed by atoms with Crippen LogP contribution in [0.4, 0.5) is 0 Å². The van der Waals surface area contributed by atoms with E-state index in [0.717, 1.165) is 15.7 Å². The molecule has 1 aliphatic rings. The molecule has 0 saturated carbocycles. The summed E-state index contributed by atoms with van der Waals surface area (Å²) in [7, 11) is -7.00. The molecular formula is C34H48N2O9SSi. The maximum atomic E-state index is 13.7. The van der Waals surface area contributed by atoms with Crippen LogP contribution in [0.1, 0.15) is 64.5 Å². The van der Waals surface area contributed by atoms with Crippen LogP contribution in [0.15, 0.2) is 75.3 Å². The highest BCUT2D eigenvalue weighted by molar-refractivity contribution is 7.85. The number of aryl methyl sites for hydroxylation is 1. The molecule has 0 aliphatic carbocycles. The Balaban J connectivity index is 1.73. The van der Waals surface area contributed by atoms with Gasteiger partial charge < -0.3 is 18.6 Å². The van der Waals surface area contributed by atoms with E-state index in [1.807, 2.05) is 37.3 Å². The van der Waals surface area contributed by atoms with Crippen molar-refractivity contribution in [2.24, 2.45) is 0 Å². The molecule has 0 bridgehead atoms. The third-order valence-electron chi connectivity index (χ3n) is 9.05. The molecule has 1 aliphatic heterocycles. The normalized spacial score (nSPS) is 19.2. The minimum absolute atomic E-state index is 0.00478. The SMILES string of the molecule is Cc1ccc(S(=O)(=O)O)c(C[C@@]2(CO[Si](C(C)C)(C(C)C)C(C)C)COC[C@H](n3ccc(=O)n(COCc4ccccc4)c3=O)O2)c1. The Labute approximate surface area is 278 Å². The maximum Gasteiger partial charge on any atom is 0.335 e. The fourth-order valence-electron chi connectivity index (χ4n) is 6.96. The highest BCUT2D eigenvalue weighted by Crippen LogP contribution is 2.44. The molecule has 1 N–H and O–H groups in total. The van der Waals surface area contributed by atoms with Crippen LogP contribution >= 0.6 is 0 Å². The summed E-state index contributed by atoms with van der Waals surface area (Å²) in [6.45, 7) is 14.9. The predicted molar refractivity (Wildman–Crippen MR) is 182 cm³/mol. The van der Waals surface area contributed by atoms with Crippen LogP contribution in [-0.4, -0.2) is 55.8 Å². The number of hydrogen-bond acceptors (Lipinski definition) is 8. The topological polar surface area (TPSA) is 135 Å². The summed E-state index contributed by atoms with van der Waals surface area (Å²) in [5.41, 5.74) is 0.415. The molecule has 0 amide bonds. The van der Waals surface area contributed by atoms with E-state index >= 15 is 0 Å². The standard InChI is InChI=1S/C34H48N2O9SSi/c1-24(2)47(25(3)4,26(5)6)44-22-34(18-29-17-27(7)13-14-30(29)46(39,40)41)21-42-20-32(45-34)35-16-15-31(37)36(33(35)38)23-43-19-28-11-9-8-10-12-28/h8-17,24-26,32H,18-23H2,1-7H3,(H,39,40,41)/t32-,34+/m1/s1. The van der Waals surface area contributed by atoms with Gasteiger partial charge in [-0.15, -0.1) is 0 Å². The van der Waals surface area contributed by atoms with Crippen LogP contribution in [0.3, 0.4) is 0 Å².